The Bertz CT molecular complexity index is 1330. The first-order valence-corrected chi connectivity index (χ1v) is 9.85. The van der Waals surface area contributed by atoms with E-state index in [1.54, 1.807) is 12.1 Å². The highest BCUT2D eigenvalue weighted by Crippen LogP contribution is 2.29. The molecule has 0 radical (unpaired) electrons. The molecule has 1 amide bonds. The minimum atomic E-state index is -0.697. The lowest BCUT2D eigenvalue weighted by molar-refractivity contribution is -0.384. The zero-order valence-corrected chi connectivity index (χ0v) is 17.0. The van der Waals surface area contributed by atoms with Crippen LogP contribution >= 0.6 is 11.3 Å². The largest absolute Gasteiger partial charge is 0.496 e. The molecule has 4 rings (SSSR count). The number of non-ortho nitro benzene ring substituents is 1. The van der Waals surface area contributed by atoms with E-state index in [-0.39, 0.29) is 16.4 Å². The van der Waals surface area contributed by atoms with Crippen LogP contribution in [0.15, 0.2) is 54.6 Å². The van der Waals surface area contributed by atoms with Gasteiger partial charge in [-0.3, -0.25) is 20.2 Å². The van der Waals surface area contributed by atoms with Gasteiger partial charge in [0.25, 0.3) is 11.6 Å². The number of hydrogen-bond acceptors (Lipinski definition) is 8. The van der Waals surface area contributed by atoms with Crippen LogP contribution in [0.5, 0.6) is 5.75 Å². The molecule has 0 unspecified atom stereocenters. The van der Waals surface area contributed by atoms with E-state index in [9.17, 15) is 19.7 Å². The monoisotopic (exact) mass is 437 g/mol. The fraction of sp³-hybridized carbons (Fsp3) is 0.0952. The van der Waals surface area contributed by atoms with Crippen LogP contribution in [0.2, 0.25) is 0 Å². The average Bonchev–Trinajstić information content (AvgIpc) is 3.17. The van der Waals surface area contributed by atoms with E-state index in [0.717, 1.165) is 22.1 Å². The Kier molecular flexibility index (Phi) is 5.46. The van der Waals surface area contributed by atoms with Crippen molar-refractivity contribution in [2.45, 2.75) is 0 Å². The highest BCUT2D eigenvalue weighted by molar-refractivity contribution is 7.22. The summed E-state index contributed by atoms with van der Waals surface area (Å²) in [7, 11) is 1.45. The molecule has 1 aromatic heterocycles. The van der Waals surface area contributed by atoms with Crippen molar-refractivity contribution in [2.24, 2.45) is 0 Å². The number of anilines is 1. The molecule has 0 fully saturated rings. The van der Waals surface area contributed by atoms with Crippen LogP contribution in [-0.2, 0) is 9.53 Å². The molecule has 1 heterocycles. The molecule has 0 spiro atoms. The summed E-state index contributed by atoms with van der Waals surface area (Å²) in [6.07, 6.45) is 0. The molecule has 0 saturated carbocycles. The van der Waals surface area contributed by atoms with Crippen LogP contribution < -0.4 is 10.1 Å². The van der Waals surface area contributed by atoms with E-state index in [1.165, 1.54) is 25.3 Å². The van der Waals surface area contributed by atoms with Gasteiger partial charge in [0.15, 0.2) is 11.7 Å². The second-order valence-electron chi connectivity index (χ2n) is 6.45. The quantitative estimate of drug-likeness (QED) is 0.273. The van der Waals surface area contributed by atoms with Crippen LogP contribution in [0.3, 0.4) is 0 Å². The highest BCUT2D eigenvalue weighted by atomic mass is 32.1. The summed E-state index contributed by atoms with van der Waals surface area (Å²) >= 11 is 1.09. The van der Waals surface area contributed by atoms with Gasteiger partial charge in [-0.05, 0) is 29.0 Å². The molecular formula is C21H15N3O6S. The molecule has 1 N–H and O–H groups in total. The molecule has 3 aromatic carbocycles. The van der Waals surface area contributed by atoms with Crippen molar-refractivity contribution < 1.29 is 24.0 Å². The fourth-order valence-electron chi connectivity index (χ4n) is 2.99. The molecule has 0 aliphatic heterocycles. The standard InChI is InChI=1S/C21H15N3O6S/c1-29-17-9-13-5-3-2-4-12(13)8-15(17)20(26)30-11-19(25)23-21-22-16-7-6-14(24(27)28)10-18(16)31-21/h2-10H,11H2,1H3,(H,22,23,25). The molecule has 4 aromatic rings. The van der Waals surface area contributed by atoms with Crippen molar-refractivity contribution in [2.75, 3.05) is 19.0 Å². The summed E-state index contributed by atoms with van der Waals surface area (Å²) in [5.41, 5.74) is 0.664. The van der Waals surface area contributed by atoms with E-state index in [2.05, 4.69) is 10.3 Å². The average molecular weight is 437 g/mol. The number of esters is 1. The lowest BCUT2D eigenvalue weighted by atomic mass is 10.1. The normalized spacial score (nSPS) is 10.7. The van der Waals surface area contributed by atoms with E-state index < -0.39 is 23.4 Å². The number of aromatic nitrogens is 1. The Morgan fingerprint density at radius 1 is 1.13 bits per heavy atom. The van der Waals surface area contributed by atoms with Gasteiger partial charge in [0, 0.05) is 12.1 Å². The Morgan fingerprint density at radius 2 is 1.87 bits per heavy atom. The number of hydrogen-bond donors (Lipinski definition) is 1. The van der Waals surface area contributed by atoms with Gasteiger partial charge in [0.05, 0.1) is 22.2 Å². The van der Waals surface area contributed by atoms with Crippen LogP contribution in [0.1, 0.15) is 10.4 Å². The van der Waals surface area contributed by atoms with Crippen molar-refractivity contribution in [1.29, 1.82) is 0 Å². The zero-order chi connectivity index (χ0) is 22.0. The smallest absolute Gasteiger partial charge is 0.342 e. The number of benzene rings is 3. The van der Waals surface area contributed by atoms with E-state index in [4.69, 9.17) is 9.47 Å². The Morgan fingerprint density at radius 3 is 2.58 bits per heavy atom. The number of carbonyl (C=O) groups is 2. The summed E-state index contributed by atoms with van der Waals surface area (Å²) in [6, 6.07) is 15.1. The van der Waals surface area contributed by atoms with E-state index >= 15 is 0 Å². The maximum absolute atomic E-state index is 12.5. The van der Waals surface area contributed by atoms with Crippen molar-refractivity contribution in [3.05, 3.63) is 70.3 Å². The van der Waals surface area contributed by atoms with Gasteiger partial charge in [-0.25, -0.2) is 9.78 Å². The Hall–Kier alpha value is -4.05. The Labute approximate surface area is 179 Å². The molecule has 156 valence electrons. The number of thiazole rings is 1. The van der Waals surface area contributed by atoms with Crippen molar-refractivity contribution >= 4 is 55.0 Å². The number of methoxy groups -OCH3 is 1. The van der Waals surface area contributed by atoms with Gasteiger partial charge in [-0.1, -0.05) is 35.6 Å². The molecule has 0 saturated heterocycles. The van der Waals surface area contributed by atoms with Crippen LogP contribution in [0, 0.1) is 10.1 Å². The molecule has 0 aliphatic carbocycles. The number of carbonyl (C=O) groups excluding carboxylic acids is 2. The maximum Gasteiger partial charge on any atom is 0.342 e. The lowest BCUT2D eigenvalue weighted by Crippen LogP contribution is -2.21. The summed E-state index contributed by atoms with van der Waals surface area (Å²) in [4.78, 5) is 39.3. The minimum Gasteiger partial charge on any atom is -0.496 e. The molecule has 9 nitrogen and oxygen atoms in total. The van der Waals surface area contributed by atoms with Gasteiger partial charge >= 0.3 is 5.97 Å². The third-order valence-corrected chi connectivity index (χ3v) is 5.38. The number of nitrogens with one attached hydrogen (secondary N) is 1. The zero-order valence-electron chi connectivity index (χ0n) is 16.2. The molecular weight excluding hydrogens is 422 g/mol. The molecule has 31 heavy (non-hydrogen) atoms. The predicted octanol–water partition coefficient (Wildman–Crippen LogP) is 4.16. The Balaban J connectivity index is 1.44. The lowest BCUT2D eigenvalue weighted by Gasteiger charge is -2.10. The SMILES string of the molecule is COc1cc2ccccc2cc1C(=O)OCC(=O)Nc1nc2ccc([N+](=O)[O-])cc2s1. The fourth-order valence-corrected chi connectivity index (χ4v) is 3.91. The first kappa shape index (κ1) is 20.2. The van der Waals surface area contributed by atoms with Crippen molar-refractivity contribution in [3.63, 3.8) is 0 Å². The van der Waals surface area contributed by atoms with E-state index in [0.29, 0.717) is 16.0 Å². The summed E-state index contributed by atoms with van der Waals surface area (Å²) in [5.74, 6) is -0.934. The number of nitro benzene ring substituents is 1. The second-order valence-corrected chi connectivity index (χ2v) is 7.48. The van der Waals surface area contributed by atoms with Crippen LogP contribution in [0.25, 0.3) is 21.0 Å². The maximum atomic E-state index is 12.5. The number of ether oxygens (including phenoxy) is 2. The first-order valence-electron chi connectivity index (χ1n) is 9.03. The third kappa shape index (κ3) is 4.28. The summed E-state index contributed by atoms with van der Waals surface area (Å²) in [6.45, 7) is -0.523. The second kappa shape index (κ2) is 8.36. The third-order valence-electron chi connectivity index (χ3n) is 4.45. The molecule has 0 aliphatic rings. The highest BCUT2D eigenvalue weighted by Gasteiger charge is 2.18. The van der Waals surface area contributed by atoms with E-state index in [1.807, 2.05) is 24.3 Å². The first-order chi connectivity index (χ1) is 14.9. The van der Waals surface area contributed by atoms with Gasteiger partial charge < -0.3 is 9.47 Å². The minimum absolute atomic E-state index is 0.0627. The number of amides is 1. The molecule has 0 bridgehead atoms. The number of nitrogens with zero attached hydrogens (tertiary/aromatic N) is 2. The number of rotatable bonds is 6. The summed E-state index contributed by atoms with van der Waals surface area (Å²) in [5, 5.41) is 15.4. The molecule has 10 heteroatoms. The summed E-state index contributed by atoms with van der Waals surface area (Å²) < 4.78 is 11.0. The number of nitro groups is 1. The number of fused-ring (bicyclic) bond motifs is 2. The topological polar surface area (TPSA) is 121 Å². The van der Waals surface area contributed by atoms with Gasteiger partial charge in [0.2, 0.25) is 0 Å². The van der Waals surface area contributed by atoms with Gasteiger partial charge in [0.1, 0.15) is 11.3 Å². The van der Waals surface area contributed by atoms with Crippen molar-refractivity contribution in [3.8, 4) is 5.75 Å². The predicted molar refractivity (Wildman–Crippen MR) is 116 cm³/mol. The van der Waals surface area contributed by atoms with Crippen LogP contribution in [0.4, 0.5) is 10.8 Å². The van der Waals surface area contributed by atoms with Gasteiger partial charge in [-0.15, -0.1) is 0 Å². The van der Waals surface area contributed by atoms with Crippen LogP contribution in [-0.4, -0.2) is 35.5 Å². The van der Waals surface area contributed by atoms with Crippen molar-refractivity contribution in [1.82, 2.24) is 4.98 Å². The van der Waals surface area contributed by atoms with Gasteiger partial charge in [-0.2, -0.15) is 0 Å². The molecule has 0 atom stereocenters.